The second-order valence-electron chi connectivity index (χ2n) is 6.01. The van der Waals surface area contributed by atoms with E-state index < -0.39 is 10.0 Å². The zero-order valence-corrected chi connectivity index (χ0v) is 15.6. The zero-order chi connectivity index (χ0) is 17.5. The van der Waals surface area contributed by atoms with Crippen LogP contribution in [0.25, 0.3) is 4.96 Å². The van der Waals surface area contributed by atoms with Crippen LogP contribution in [0.4, 0.5) is 5.69 Å². The molecule has 0 unspecified atom stereocenters. The molecule has 0 amide bonds. The van der Waals surface area contributed by atoms with Gasteiger partial charge < -0.3 is 0 Å². The summed E-state index contributed by atoms with van der Waals surface area (Å²) >= 11 is 1.35. The Kier molecular flexibility index (Phi) is 4.31. The molecule has 0 aliphatic carbocycles. The highest BCUT2D eigenvalue weighted by Crippen LogP contribution is 2.24. The first-order chi connectivity index (χ1) is 11.3. The summed E-state index contributed by atoms with van der Waals surface area (Å²) in [6.07, 6.45) is 1.20. The van der Waals surface area contributed by atoms with Gasteiger partial charge >= 0.3 is 0 Å². The van der Waals surface area contributed by atoms with Crippen LogP contribution < -0.4 is 4.31 Å². The maximum Gasteiger partial charge on any atom is 0.234 e. The van der Waals surface area contributed by atoms with Crippen molar-refractivity contribution in [3.05, 3.63) is 40.7 Å². The number of aryl methyl sites for hydroxylation is 1. The van der Waals surface area contributed by atoms with Crippen LogP contribution in [0.15, 0.2) is 24.3 Å². The largest absolute Gasteiger partial charge is 0.264 e. The van der Waals surface area contributed by atoms with Gasteiger partial charge in [-0.2, -0.15) is 9.61 Å². The molecule has 7 nitrogen and oxygen atoms in total. The molecule has 0 saturated carbocycles. The summed E-state index contributed by atoms with van der Waals surface area (Å²) in [6, 6.07) is 7.39. The molecule has 1 aromatic carbocycles. The minimum atomic E-state index is -3.42. The standard InChI is InChI=1S/C15H19N5O2S2/c1-10(2)14-16-17-15-20(14)18-13(23-15)9-19(24(4,21)22)12-7-5-11(3)6-8-12/h5-8,10H,9H2,1-4H3. The van der Waals surface area contributed by atoms with Gasteiger partial charge in [-0.25, -0.2) is 8.42 Å². The lowest BCUT2D eigenvalue weighted by Gasteiger charge is -2.21. The van der Waals surface area contributed by atoms with Crippen LogP contribution in [0, 0.1) is 6.92 Å². The number of rotatable bonds is 5. The summed E-state index contributed by atoms with van der Waals surface area (Å²) in [5.74, 6) is 0.965. The molecule has 0 radical (unpaired) electrons. The summed E-state index contributed by atoms with van der Waals surface area (Å²) < 4.78 is 27.5. The monoisotopic (exact) mass is 365 g/mol. The first kappa shape index (κ1) is 16.8. The molecule has 0 saturated heterocycles. The predicted molar refractivity (Wildman–Crippen MR) is 95.0 cm³/mol. The van der Waals surface area contributed by atoms with Crippen LogP contribution in [0.2, 0.25) is 0 Å². The molecular weight excluding hydrogens is 346 g/mol. The van der Waals surface area contributed by atoms with E-state index in [2.05, 4.69) is 15.3 Å². The van der Waals surface area contributed by atoms with Crippen molar-refractivity contribution < 1.29 is 8.42 Å². The third-order valence-corrected chi connectivity index (χ3v) is 5.60. The van der Waals surface area contributed by atoms with Crippen LogP contribution in [0.5, 0.6) is 0 Å². The van der Waals surface area contributed by atoms with Crippen molar-refractivity contribution in [3.63, 3.8) is 0 Å². The summed E-state index contributed by atoms with van der Waals surface area (Å²) in [5, 5.41) is 13.4. The third kappa shape index (κ3) is 3.27. The van der Waals surface area contributed by atoms with E-state index in [4.69, 9.17) is 0 Å². The molecule has 3 aromatic rings. The minimum Gasteiger partial charge on any atom is -0.264 e. The lowest BCUT2D eigenvalue weighted by Crippen LogP contribution is -2.29. The van der Waals surface area contributed by atoms with Gasteiger partial charge in [0.25, 0.3) is 0 Å². The summed E-state index contributed by atoms with van der Waals surface area (Å²) in [4.78, 5) is 0.672. The second kappa shape index (κ2) is 6.14. The molecular formula is C15H19N5O2S2. The van der Waals surface area contributed by atoms with Gasteiger partial charge in [-0.05, 0) is 19.1 Å². The second-order valence-corrected chi connectivity index (χ2v) is 8.96. The SMILES string of the molecule is Cc1ccc(N(Cc2nn3c(C(C)C)nnc3s2)S(C)(=O)=O)cc1. The Bertz CT molecular complexity index is 958. The van der Waals surface area contributed by atoms with Gasteiger partial charge in [0.15, 0.2) is 5.82 Å². The molecule has 0 N–H and O–H groups in total. The topological polar surface area (TPSA) is 80.5 Å². The van der Waals surface area contributed by atoms with Gasteiger partial charge in [0, 0.05) is 5.92 Å². The highest BCUT2D eigenvalue weighted by Gasteiger charge is 2.21. The molecule has 0 bridgehead atoms. The molecule has 24 heavy (non-hydrogen) atoms. The van der Waals surface area contributed by atoms with Crippen molar-refractivity contribution in [2.45, 2.75) is 33.2 Å². The lowest BCUT2D eigenvalue weighted by atomic mass is 10.2. The fraction of sp³-hybridized carbons (Fsp3) is 0.400. The van der Waals surface area contributed by atoms with E-state index in [0.29, 0.717) is 15.7 Å². The number of sulfonamides is 1. The van der Waals surface area contributed by atoms with Gasteiger partial charge in [0.2, 0.25) is 15.0 Å². The predicted octanol–water partition coefficient (Wildman–Crippen LogP) is 2.58. The highest BCUT2D eigenvalue weighted by molar-refractivity contribution is 7.92. The minimum absolute atomic E-state index is 0.174. The zero-order valence-electron chi connectivity index (χ0n) is 14.0. The van der Waals surface area contributed by atoms with Crippen molar-refractivity contribution >= 4 is 32.0 Å². The van der Waals surface area contributed by atoms with Crippen LogP contribution in [-0.4, -0.2) is 34.5 Å². The van der Waals surface area contributed by atoms with Crippen molar-refractivity contribution in [2.75, 3.05) is 10.6 Å². The Balaban J connectivity index is 1.97. The Morgan fingerprint density at radius 3 is 2.46 bits per heavy atom. The van der Waals surface area contributed by atoms with Gasteiger partial charge in [-0.1, -0.05) is 42.9 Å². The quantitative estimate of drug-likeness (QED) is 0.694. The van der Waals surface area contributed by atoms with E-state index >= 15 is 0 Å². The molecule has 0 atom stereocenters. The Morgan fingerprint density at radius 2 is 1.88 bits per heavy atom. The number of nitrogens with zero attached hydrogens (tertiary/aromatic N) is 5. The van der Waals surface area contributed by atoms with Crippen molar-refractivity contribution in [3.8, 4) is 0 Å². The van der Waals surface area contributed by atoms with Crippen molar-refractivity contribution in [1.82, 2.24) is 19.8 Å². The van der Waals surface area contributed by atoms with E-state index in [-0.39, 0.29) is 12.5 Å². The Hall–Kier alpha value is -2.00. The molecule has 9 heteroatoms. The van der Waals surface area contributed by atoms with Crippen LogP contribution >= 0.6 is 11.3 Å². The number of hydrogen-bond acceptors (Lipinski definition) is 6. The molecule has 2 aromatic heterocycles. The van der Waals surface area contributed by atoms with E-state index in [1.54, 1.807) is 16.6 Å². The van der Waals surface area contributed by atoms with Gasteiger partial charge in [-0.3, -0.25) is 4.31 Å². The molecule has 2 heterocycles. The molecule has 0 aliphatic heterocycles. The Labute approximate surface area is 145 Å². The van der Waals surface area contributed by atoms with Gasteiger partial charge in [-0.15, -0.1) is 10.2 Å². The van der Waals surface area contributed by atoms with Crippen LogP contribution in [0.1, 0.15) is 36.2 Å². The van der Waals surface area contributed by atoms with Crippen molar-refractivity contribution in [2.24, 2.45) is 0 Å². The van der Waals surface area contributed by atoms with Crippen molar-refractivity contribution in [1.29, 1.82) is 0 Å². The van der Waals surface area contributed by atoms with Crippen LogP contribution in [-0.2, 0) is 16.6 Å². The maximum atomic E-state index is 12.2. The average Bonchev–Trinajstić information content (AvgIpc) is 3.04. The van der Waals surface area contributed by atoms with Crippen LogP contribution in [0.3, 0.4) is 0 Å². The van der Waals surface area contributed by atoms with E-state index in [1.807, 2.05) is 32.9 Å². The molecule has 0 aliphatic rings. The fourth-order valence-corrected chi connectivity index (χ4v) is 4.10. The molecule has 0 fully saturated rings. The first-order valence-electron chi connectivity index (χ1n) is 7.51. The number of fused-ring (bicyclic) bond motifs is 1. The molecule has 128 valence electrons. The molecule has 3 rings (SSSR count). The van der Waals surface area contributed by atoms with E-state index in [9.17, 15) is 8.42 Å². The average molecular weight is 365 g/mol. The maximum absolute atomic E-state index is 12.2. The highest BCUT2D eigenvalue weighted by atomic mass is 32.2. The normalized spacial score (nSPS) is 12.2. The third-order valence-electron chi connectivity index (χ3n) is 3.57. The Morgan fingerprint density at radius 1 is 1.21 bits per heavy atom. The summed E-state index contributed by atoms with van der Waals surface area (Å²) in [6.45, 7) is 6.17. The lowest BCUT2D eigenvalue weighted by molar-refractivity contribution is 0.596. The van der Waals surface area contributed by atoms with Gasteiger partial charge in [0.05, 0.1) is 18.5 Å². The first-order valence-corrected chi connectivity index (χ1v) is 10.2. The number of hydrogen-bond donors (Lipinski definition) is 0. The number of anilines is 1. The van der Waals surface area contributed by atoms with E-state index in [0.717, 1.165) is 11.4 Å². The van der Waals surface area contributed by atoms with E-state index in [1.165, 1.54) is 21.9 Å². The summed E-state index contributed by atoms with van der Waals surface area (Å²) in [5.41, 5.74) is 1.70. The fourth-order valence-electron chi connectivity index (χ4n) is 2.33. The summed E-state index contributed by atoms with van der Waals surface area (Å²) in [7, 11) is -3.42. The molecule has 0 spiro atoms. The number of aromatic nitrogens is 4. The number of benzene rings is 1. The smallest absolute Gasteiger partial charge is 0.234 e. The van der Waals surface area contributed by atoms with Gasteiger partial charge in [0.1, 0.15) is 5.01 Å².